The van der Waals surface area contributed by atoms with E-state index in [9.17, 15) is 14.3 Å². The molecule has 0 bridgehead atoms. The van der Waals surface area contributed by atoms with Crippen LogP contribution in [0.4, 0.5) is 31.0 Å². The van der Waals surface area contributed by atoms with Crippen molar-refractivity contribution >= 4 is 23.5 Å². The Morgan fingerprint density at radius 1 is 0.980 bits per heavy atom. The highest BCUT2D eigenvalue weighted by Gasteiger charge is 2.34. The van der Waals surface area contributed by atoms with Crippen LogP contribution in [-0.2, 0) is 0 Å². The smallest absolute Gasteiger partial charge is 0.413 e. The number of benzene rings is 3. The predicted molar refractivity (Wildman–Crippen MR) is 184 cm³/mol. The summed E-state index contributed by atoms with van der Waals surface area (Å²) in [5.74, 6) is 0.0513. The summed E-state index contributed by atoms with van der Waals surface area (Å²) in [6, 6.07) is 12.6. The topological polar surface area (TPSA) is 113 Å². The number of likely N-dealkylation sites (N-methyl/N-ethyl adjacent to an activating group) is 1. The van der Waals surface area contributed by atoms with Crippen molar-refractivity contribution in [2.45, 2.75) is 26.3 Å². The van der Waals surface area contributed by atoms with Crippen LogP contribution in [0.15, 0.2) is 60.8 Å². The van der Waals surface area contributed by atoms with Gasteiger partial charge in [0.2, 0.25) is 5.95 Å². The van der Waals surface area contributed by atoms with Gasteiger partial charge in [-0.2, -0.15) is 4.98 Å². The van der Waals surface area contributed by atoms with Gasteiger partial charge in [0.05, 0.1) is 26.9 Å². The maximum absolute atomic E-state index is 15.1. The van der Waals surface area contributed by atoms with Gasteiger partial charge in [-0.15, -0.1) is 0 Å². The van der Waals surface area contributed by atoms with E-state index in [4.69, 9.17) is 14.2 Å². The van der Waals surface area contributed by atoms with Crippen LogP contribution in [-0.4, -0.2) is 91.6 Å². The molecule has 1 atom stereocenters. The molecule has 4 aromatic rings. The highest BCUT2D eigenvalue weighted by atomic mass is 19.1. The molecule has 0 aliphatic carbocycles. The van der Waals surface area contributed by atoms with Crippen LogP contribution < -0.4 is 24.4 Å². The van der Waals surface area contributed by atoms with Crippen LogP contribution in [0, 0.1) is 25.5 Å². The second-order valence-corrected chi connectivity index (χ2v) is 12.0. The highest BCUT2D eigenvalue weighted by molar-refractivity contribution is 5.87. The Bertz CT molecular complexity index is 1750. The van der Waals surface area contributed by atoms with Crippen molar-refractivity contribution < 1.29 is 32.9 Å². The zero-order valence-corrected chi connectivity index (χ0v) is 28.4. The molecule has 3 aromatic carbocycles. The number of hydrogen-bond donors (Lipinski definition) is 2. The maximum Gasteiger partial charge on any atom is 0.413 e. The zero-order chi connectivity index (χ0) is 35.1. The number of anilines is 3. The number of nitrogens with one attached hydrogen (secondary N) is 1. The average Bonchev–Trinajstić information content (AvgIpc) is 3.07. The molecule has 1 aliphatic heterocycles. The number of nitrogens with zero attached hydrogens (tertiary/aromatic N) is 5. The van der Waals surface area contributed by atoms with Gasteiger partial charge < -0.3 is 34.4 Å². The van der Waals surface area contributed by atoms with Crippen molar-refractivity contribution in [3.05, 3.63) is 94.7 Å². The zero-order valence-electron chi connectivity index (χ0n) is 28.4. The fourth-order valence-corrected chi connectivity index (χ4v) is 6.08. The summed E-state index contributed by atoms with van der Waals surface area (Å²) in [6.07, 6.45) is 0.852. The largest absolute Gasteiger partial charge is 0.497 e. The first kappa shape index (κ1) is 35.3. The summed E-state index contributed by atoms with van der Waals surface area (Å²) in [5.41, 5.74) is 2.41. The van der Waals surface area contributed by atoms with Crippen LogP contribution in [0.5, 0.6) is 17.2 Å². The first-order valence-electron chi connectivity index (χ1n) is 16.0. The Morgan fingerprint density at radius 3 is 2.35 bits per heavy atom. The van der Waals surface area contributed by atoms with Crippen LogP contribution in [0.25, 0.3) is 0 Å². The Labute approximate surface area is 285 Å². The summed E-state index contributed by atoms with van der Waals surface area (Å²) in [4.78, 5) is 27.6. The lowest BCUT2D eigenvalue weighted by Gasteiger charge is -2.32. The van der Waals surface area contributed by atoms with E-state index in [-0.39, 0.29) is 17.5 Å². The van der Waals surface area contributed by atoms with E-state index in [0.717, 1.165) is 44.0 Å². The normalized spacial score (nSPS) is 14.3. The monoisotopic (exact) mass is 676 g/mol. The molecule has 2 heterocycles. The van der Waals surface area contributed by atoms with Crippen molar-refractivity contribution in [3.63, 3.8) is 0 Å². The minimum atomic E-state index is -1.33. The number of rotatable bonds is 13. The number of aryl methyl sites for hydroxylation is 2. The number of halogens is 2. The number of aromatic nitrogens is 2. The summed E-state index contributed by atoms with van der Waals surface area (Å²) >= 11 is 0. The highest BCUT2D eigenvalue weighted by Crippen LogP contribution is 2.42. The van der Waals surface area contributed by atoms with E-state index in [1.807, 2.05) is 0 Å². The van der Waals surface area contributed by atoms with Gasteiger partial charge in [-0.25, -0.2) is 23.5 Å². The van der Waals surface area contributed by atoms with E-state index in [0.29, 0.717) is 46.0 Å². The summed E-state index contributed by atoms with van der Waals surface area (Å²) in [5, 5.41) is 13.7. The molecule has 49 heavy (non-hydrogen) atoms. The summed E-state index contributed by atoms with van der Waals surface area (Å²) in [6.45, 7) is 8.81. The van der Waals surface area contributed by atoms with E-state index >= 15 is 4.39 Å². The van der Waals surface area contributed by atoms with Crippen LogP contribution in [0.1, 0.15) is 34.7 Å². The van der Waals surface area contributed by atoms with Gasteiger partial charge >= 0.3 is 6.09 Å². The average molecular weight is 677 g/mol. The number of carboxylic acid groups (broad SMARTS) is 1. The Morgan fingerprint density at radius 2 is 1.69 bits per heavy atom. The van der Waals surface area contributed by atoms with Gasteiger partial charge in [-0.05, 0) is 92.5 Å². The lowest BCUT2D eigenvalue weighted by atomic mass is 9.89. The van der Waals surface area contributed by atoms with E-state index in [1.54, 1.807) is 38.1 Å². The molecule has 5 rings (SSSR count). The maximum atomic E-state index is 15.1. The lowest BCUT2D eigenvalue weighted by Crippen LogP contribution is -2.44. The van der Waals surface area contributed by atoms with E-state index in [2.05, 4.69) is 32.1 Å². The molecule has 11 nitrogen and oxygen atoms in total. The standard InChI is InChI=1S/C36H42F2N6O5/c1-23-19-25(37)20-24(2)33(23)34(28-22-27(47-4)8-10-30(28)48-5)44(36(45)46)32-11-12-39-35(41-32)40-26-7-9-31(29(38)21-26)49-18-6-13-43-16-14-42(3)15-17-43/h7-12,19-22,34H,6,13-18H2,1-5H3,(H,45,46)(H,39,40,41). The van der Waals surface area contributed by atoms with Crippen molar-refractivity contribution in [1.82, 2.24) is 19.8 Å². The fourth-order valence-electron chi connectivity index (χ4n) is 6.08. The minimum absolute atomic E-state index is 0.0174. The van der Waals surface area contributed by atoms with Crippen molar-refractivity contribution in [3.8, 4) is 17.2 Å². The molecule has 260 valence electrons. The molecule has 1 fully saturated rings. The number of methoxy groups -OCH3 is 2. The second-order valence-electron chi connectivity index (χ2n) is 12.0. The predicted octanol–water partition coefficient (Wildman–Crippen LogP) is 6.42. The first-order valence-corrected chi connectivity index (χ1v) is 16.0. The molecule has 0 spiro atoms. The number of piperazine rings is 1. The molecule has 13 heteroatoms. The van der Waals surface area contributed by atoms with Gasteiger partial charge in [-0.1, -0.05) is 0 Å². The number of ether oxygens (including phenoxy) is 3. The first-order chi connectivity index (χ1) is 23.6. The SMILES string of the molecule is COc1ccc(OC)c(C(c2c(C)cc(F)cc2C)N(C(=O)O)c2ccnc(Nc3ccc(OCCCN4CCN(C)CC4)c(F)c3)n2)c1. The summed E-state index contributed by atoms with van der Waals surface area (Å²) in [7, 11) is 5.10. The Hall–Kier alpha value is -5.01. The lowest BCUT2D eigenvalue weighted by molar-refractivity contribution is 0.145. The van der Waals surface area contributed by atoms with Gasteiger partial charge in [-0.3, -0.25) is 0 Å². The van der Waals surface area contributed by atoms with E-state index in [1.165, 1.54) is 50.7 Å². The van der Waals surface area contributed by atoms with Gasteiger partial charge in [0.25, 0.3) is 0 Å². The molecule has 0 saturated carbocycles. The molecule has 1 aromatic heterocycles. The number of hydrogen-bond acceptors (Lipinski definition) is 9. The second kappa shape index (κ2) is 15.9. The quantitative estimate of drug-likeness (QED) is 0.154. The molecule has 2 N–H and O–H groups in total. The molecule has 1 amide bonds. The van der Waals surface area contributed by atoms with Gasteiger partial charge in [0.15, 0.2) is 11.6 Å². The third kappa shape index (κ3) is 8.54. The molecule has 1 saturated heterocycles. The minimum Gasteiger partial charge on any atom is -0.497 e. The van der Waals surface area contributed by atoms with Gasteiger partial charge in [0, 0.05) is 56.2 Å². The molecule has 1 aliphatic rings. The van der Waals surface area contributed by atoms with Crippen molar-refractivity contribution in [1.29, 1.82) is 0 Å². The third-order valence-electron chi connectivity index (χ3n) is 8.58. The van der Waals surface area contributed by atoms with Crippen molar-refractivity contribution in [2.75, 3.05) is 70.8 Å². The Kier molecular flexibility index (Phi) is 11.5. The number of amides is 1. The third-order valence-corrected chi connectivity index (χ3v) is 8.58. The summed E-state index contributed by atoms with van der Waals surface area (Å²) < 4.78 is 46.3. The fraction of sp³-hybridized carbons (Fsp3) is 0.361. The van der Waals surface area contributed by atoms with Crippen LogP contribution in [0.3, 0.4) is 0 Å². The van der Waals surface area contributed by atoms with Crippen molar-refractivity contribution in [2.24, 2.45) is 0 Å². The molecule has 0 radical (unpaired) electrons. The molecular weight excluding hydrogens is 634 g/mol. The van der Waals surface area contributed by atoms with Crippen LogP contribution >= 0.6 is 0 Å². The van der Waals surface area contributed by atoms with Crippen LogP contribution in [0.2, 0.25) is 0 Å². The van der Waals surface area contributed by atoms with Gasteiger partial charge in [0.1, 0.15) is 23.1 Å². The molecule has 1 unspecified atom stereocenters. The number of carbonyl (C=O) groups is 1. The van der Waals surface area contributed by atoms with E-state index < -0.39 is 23.8 Å². The Balaban J connectivity index is 1.40. The molecular formula is C36H42F2N6O5.